The number of benzene rings is 1. The first-order valence-electron chi connectivity index (χ1n) is 6.79. The minimum absolute atomic E-state index is 0.237. The van der Waals surface area contributed by atoms with Gasteiger partial charge in [0.25, 0.3) is 0 Å². The first-order chi connectivity index (χ1) is 8.25. The lowest BCUT2D eigenvalue weighted by molar-refractivity contribution is 0.476. The molecule has 1 aromatic rings. The van der Waals surface area contributed by atoms with Crippen LogP contribution in [0.2, 0.25) is 0 Å². The monoisotopic (exact) mass is 229 g/mol. The normalized spacial score (nSPS) is 19.8. The smallest absolute Gasteiger partial charge is 0.0450 e. The zero-order chi connectivity index (χ0) is 12.5. The van der Waals surface area contributed by atoms with Crippen molar-refractivity contribution in [3.8, 4) is 0 Å². The van der Waals surface area contributed by atoms with Crippen LogP contribution in [-0.2, 0) is 5.41 Å². The zero-order valence-corrected chi connectivity index (χ0v) is 11.5. The number of likely N-dealkylation sites (N-methyl/N-ethyl adjacent to an activating group) is 1. The first kappa shape index (κ1) is 12.2. The summed E-state index contributed by atoms with van der Waals surface area (Å²) in [5.41, 5.74) is 4.65. The third-order valence-electron chi connectivity index (χ3n) is 4.29. The van der Waals surface area contributed by atoms with Gasteiger partial charge >= 0.3 is 0 Å². The van der Waals surface area contributed by atoms with Crippen LogP contribution in [0.25, 0.3) is 0 Å². The Morgan fingerprint density at radius 1 is 1.12 bits per heavy atom. The highest BCUT2D eigenvalue weighted by Crippen LogP contribution is 2.51. The van der Waals surface area contributed by atoms with Gasteiger partial charge in [0, 0.05) is 23.3 Å². The molecule has 2 rings (SSSR count). The van der Waals surface area contributed by atoms with E-state index in [2.05, 4.69) is 62.9 Å². The largest absolute Gasteiger partial charge is 0.345 e. The van der Waals surface area contributed by atoms with E-state index in [0.717, 1.165) is 6.54 Å². The highest BCUT2D eigenvalue weighted by atomic mass is 15.2. The molecule has 0 N–H and O–H groups in total. The first-order valence-corrected chi connectivity index (χ1v) is 6.79. The number of fused-ring (bicyclic) bond motifs is 1. The number of para-hydroxylation sites is 1. The number of nitrogens with zero attached hydrogens (tertiary/aromatic N) is 1. The van der Waals surface area contributed by atoms with E-state index in [0.29, 0.717) is 0 Å². The van der Waals surface area contributed by atoms with Crippen molar-refractivity contribution in [2.75, 3.05) is 11.4 Å². The minimum atomic E-state index is 0.237. The topological polar surface area (TPSA) is 3.24 Å². The number of rotatable bonds is 3. The molecule has 92 valence electrons. The standard InChI is InChI=1S/C16H23N/c1-5-15-16(6-2,7-3)13-11-9-10-12-14(13)17(15)8-4/h5,9-12H,6-8H2,1-4H3/b15-5+. The summed E-state index contributed by atoms with van der Waals surface area (Å²) in [5.74, 6) is 0. The zero-order valence-electron chi connectivity index (χ0n) is 11.5. The maximum Gasteiger partial charge on any atom is 0.0450 e. The van der Waals surface area contributed by atoms with Gasteiger partial charge in [0.1, 0.15) is 0 Å². The summed E-state index contributed by atoms with van der Waals surface area (Å²) in [6, 6.07) is 8.89. The SMILES string of the molecule is C/C=C1/N(CC)c2ccccc2C1(CC)CC. The Bertz CT molecular complexity index is 427. The lowest BCUT2D eigenvalue weighted by atomic mass is 9.75. The summed E-state index contributed by atoms with van der Waals surface area (Å²) >= 11 is 0. The highest BCUT2D eigenvalue weighted by Gasteiger charge is 2.43. The van der Waals surface area contributed by atoms with Crippen LogP contribution in [0, 0.1) is 0 Å². The third-order valence-corrected chi connectivity index (χ3v) is 4.29. The quantitative estimate of drug-likeness (QED) is 0.738. The summed E-state index contributed by atoms with van der Waals surface area (Å²) in [6.45, 7) is 10.1. The third kappa shape index (κ3) is 1.52. The van der Waals surface area contributed by atoms with Gasteiger partial charge in [-0.3, -0.25) is 0 Å². The molecule has 0 amide bonds. The number of hydrogen-bond donors (Lipinski definition) is 0. The maximum atomic E-state index is 2.47. The number of hydrogen-bond acceptors (Lipinski definition) is 1. The van der Waals surface area contributed by atoms with Crippen LogP contribution >= 0.6 is 0 Å². The molecule has 1 heteroatoms. The van der Waals surface area contributed by atoms with Crippen LogP contribution in [0.15, 0.2) is 36.0 Å². The summed E-state index contributed by atoms with van der Waals surface area (Å²) < 4.78 is 0. The molecule has 0 bridgehead atoms. The summed E-state index contributed by atoms with van der Waals surface area (Å²) in [4.78, 5) is 2.47. The summed E-state index contributed by atoms with van der Waals surface area (Å²) in [7, 11) is 0. The second kappa shape index (κ2) is 4.56. The van der Waals surface area contributed by atoms with Crippen molar-refractivity contribution in [1.29, 1.82) is 0 Å². The van der Waals surface area contributed by atoms with Crippen molar-refractivity contribution in [1.82, 2.24) is 0 Å². The van der Waals surface area contributed by atoms with Crippen molar-refractivity contribution < 1.29 is 0 Å². The Labute approximate surface area is 105 Å². The van der Waals surface area contributed by atoms with Crippen molar-refractivity contribution in [3.05, 3.63) is 41.6 Å². The average molecular weight is 229 g/mol. The van der Waals surface area contributed by atoms with Gasteiger partial charge < -0.3 is 4.90 Å². The Hall–Kier alpha value is -1.24. The van der Waals surface area contributed by atoms with Crippen molar-refractivity contribution >= 4 is 5.69 Å². The van der Waals surface area contributed by atoms with Gasteiger partial charge in [-0.05, 0) is 38.3 Å². The van der Waals surface area contributed by atoms with Gasteiger partial charge in [-0.15, -0.1) is 0 Å². The Morgan fingerprint density at radius 2 is 1.76 bits per heavy atom. The van der Waals surface area contributed by atoms with E-state index >= 15 is 0 Å². The van der Waals surface area contributed by atoms with Crippen LogP contribution in [-0.4, -0.2) is 6.54 Å². The predicted octanol–water partition coefficient (Wildman–Crippen LogP) is 4.49. The summed E-state index contributed by atoms with van der Waals surface area (Å²) in [6.07, 6.45) is 4.66. The fourth-order valence-corrected chi connectivity index (χ4v) is 3.41. The van der Waals surface area contributed by atoms with Crippen molar-refractivity contribution in [2.45, 2.75) is 46.0 Å². The van der Waals surface area contributed by atoms with Gasteiger partial charge in [-0.1, -0.05) is 38.1 Å². The van der Waals surface area contributed by atoms with Crippen LogP contribution in [0.5, 0.6) is 0 Å². The van der Waals surface area contributed by atoms with Crippen molar-refractivity contribution in [3.63, 3.8) is 0 Å². The van der Waals surface area contributed by atoms with Crippen LogP contribution in [0.1, 0.15) is 46.1 Å². The fraction of sp³-hybridized carbons (Fsp3) is 0.500. The fourth-order valence-electron chi connectivity index (χ4n) is 3.41. The van der Waals surface area contributed by atoms with Gasteiger partial charge in [0.05, 0.1) is 0 Å². The molecule has 0 spiro atoms. The lowest BCUT2D eigenvalue weighted by Crippen LogP contribution is -2.29. The molecule has 1 heterocycles. The summed E-state index contributed by atoms with van der Waals surface area (Å²) in [5, 5.41) is 0. The molecule has 0 saturated heterocycles. The molecule has 1 aliphatic rings. The molecule has 1 aromatic carbocycles. The Kier molecular flexibility index (Phi) is 3.28. The van der Waals surface area contributed by atoms with E-state index in [4.69, 9.17) is 0 Å². The van der Waals surface area contributed by atoms with Gasteiger partial charge in [0.15, 0.2) is 0 Å². The molecule has 1 nitrogen and oxygen atoms in total. The molecule has 0 unspecified atom stereocenters. The molecule has 0 saturated carbocycles. The Balaban J connectivity index is 2.68. The van der Waals surface area contributed by atoms with E-state index in [9.17, 15) is 0 Å². The molecule has 0 fully saturated rings. The molecule has 0 radical (unpaired) electrons. The molecule has 1 aliphatic heterocycles. The number of anilines is 1. The van der Waals surface area contributed by atoms with Crippen LogP contribution in [0.4, 0.5) is 5.69 Å². The van der Waals surface area contributed by atoms with E-state index in [1.807, 2.05) is 0 Å². The molecular weight excluding hydrogens is 206 g/mol. The Morgan fingerprint density at radius 3 is 2.29 bits per heavy atom. The van der Waals surface area contributed by atoms with E-state index in [1.165, 1.54) is 29.8 Å². The molecule has 0 aromatic heterocycles. The van der Waals surface area contributed by atoms with Crippen molar-refractivity contribution in [2.24, 2.45) is 0 Å². The molecule has 0 atom stereocenters. The van der Waals surface area contributed by atoms with Crippen LogP contribution in [0.3, 0.4) is 0 Å². The molecule has 0 aliphatic carbocycles. The van der Waals surface area contributed by atoms with Gasteiger partial charge in [-0.2, -0.15) is 0 Å². The van der Waals surface area contributed by atoms with Gasteiger partial charge in [-0.25, -0.2) is 0 Å². The predicted molar refractivity (Wildman–Crippen MR) is 75.5 cm³/mol. The lowest BCUT2D eigenvalue weighted by Gasteiger charge is -2.31. The number of allylic oxidation sites excluding steroid dienone is 2. The minimum Gasteiger partial charge on any atom is -0.345 e. The van der Waals surface area contributed by atoms with E-state index < -0.39 is 0 Å². The second-order valence-corrected chi connectivity index (χ2v) is 4.72. The van der Waals surface area contributed by atoms with E-state index in [1.54, 1.807) is 0 Å². The second-order valence-electron chi connectivity index (χ2n) is 4.72. The molecular formula is C16H23N. The van der Waals surface area contributed by atoms with Gasteiger partial charge in [0.2, 0.25) is 0 Å². The molecule has 17 heavy (non-hydrogen) atoms. The maximum absolute atomic E-state index is 2.47. The van der Waals surface area contributed by atoms with E-state index in [-0.39, 0.29) is 5.41 Å². The average Bonchev–Trinajstić information content (AvgIpc) is 2.68. The van der Waals surface area contributed by atoms with Crippen LogP contribution < -0.4 is 4.90 Å². The highest BCUT2D eigenvalue weighted by molar-refractivity contribution is 5.70.